The standard InChI is InChI=1S/C27H27N3O4S/c1-5-19-6-8-21(9-7-19)28-25(31)16-29-26(32)24(35-27(29)33)15-20-14-17(2)30(18(20)3)22-10-12-23(34-4)13-11-22/h6-15H,5,16H2,1-4H3,(H,28,31)/b24-15-. The number of anilines is 1. The van der Waals surface area contributed by atoms with E-state index in [1.54, 1.807) is 13.2 Å². The molecule has 1 aliphatic rings. The molecule has 0 unspecified atom stereocenters. The quantitative estimate of drug-likeness (QED) is 0.453. The Kier molecular flexibility index (Phi) is 7.12. The largest absolute Gasteiger partial charge is 0.497 e. The van der Waals surface area contributed by atoms with Crippen LogP contribution in [0.2, 0.25) is 0 Å². The van der Waals surface area contributed by atoms with Gasteiger partial charge in [-0.25, -0.2) is 0 Å². The van der Waals surface area contributed by atoms with Gasteiger partial charge in [-0.05, 0) is 91.7 Å². The van der Waals surface area contributed by atoms with Gasteiger partial charge in [-0.2, -0.15) is 0 Å². The number of carbonyl (C=O) groups is 3. The van der Waals surface area contributed by atoms with E-state index in [2.05, 4.69) is 16.8 Å². The number of nitrogens with zero attached hydrogens (tertiary/aromatic N) is 2. The normalized spacial score (nSPS) is 14.6. The number of hydrogen-bond donors (Lipinski definition) is 1. The van der Waals surface area contributed by atoms with E-state index < -0.39 is 17.1 Å². The second kappa shape index (κ2) is 10.2. The SMILES string of the molecule is CCc1ccc(NC(=O)CN2C(=O)S/C(=C\c3cc(C)n(-c4ccc(OC)cc4)c3C)C2=O)cc1. The summed E-state index contributed by atoms with van der Waals surface area (Å²) in [6.45, 7) is 5.67. The second-order valence-electron chi connectivity index (χ2n) is 8.23. The average Bonchev–Trinajstić information content (AvgIpc) is 3.28. The van der Waals surface area contributed by atoms with Crippen molar-refractivity contribution in [3.8, 4) is 11.4 Å². The van der Waals surface area contributed by atoms with Crippen LogP contribution in [0, 0.1) is 13.8 Å². The minimum Gasteiger partial charge on any atom is -0.497 e. The first-order valence-corrected chi connectivity index (χ1v) is 12.1. The average molecular weight is 490 g/mol. The molecule has 0 bridgehead atoms. The summed E-state index contributed by atoms with van der Waals surface area (Å²) < 4.78 is 7.31. The van der Waals surface area contributed by atoms with Gasteiger partial charge >= 0.3 is 0 Å². The van der Waals surface area contributed by atoms with Crippen molar-refractivity contribution in [3.63, 3.8) is 0 Å². The van der Waals surface area contributed by atoms with Crippen molar-refractivity contribution < 1.29 is 19.1 Å². The van der Waals surface area contributed by atoms with E-state index in [4.69, 9.17) is 4.74 Å². The van der Waals surface area contributed by atoms with Gasteiger partial charge in [0.2, 0.25) is 5.91 Å². The number of methoxy groups -OCH3 is 1. The van der Waals surface area contributed by atoms with E-state index in [-0.39, 0.29) is 6.54 Å². The van der Waals surface area contributed by atoms with E-state index in [0.717, 1.165) is 57.0 Å². The summed E-state index contributed by atoms with van der Waals surface area (Å²) in [5.74, 6) is -0.117. The van der Waals surface area contributed by atoms with Gasteiger partial charge in [0.1, 0.15) is 12.3 Å². The van der Waals surface area contributed by atoms with Crippen LogP contribution in [0.3, 0.4) is 0 Å². The van der Waals surface area contributed by atoms with Crippen LogP contribution in [0.5, 0.6) is 5.75 Å². The summed E-state index contributed by atoms with van der Waals surface area (Å²) >= 11 is 0.847. The Morgan fingerprint density at radius 1 is 1.06 bits per heavy atom. The summed E-state index contributed by atoms with van der Waals surface area (Å²) in [5, 5.41) is 2.29. The third-order valence-corrected chi connectivity index (χ3v) is 6.82. The van der Waals surface area contributed by atoms with Crippen molar-refractivity contribution in [1.29, 1.82) is 0 Å². The van der Waals surface area contributed by atoms with Crippen LogP contribution in [0.1, 0.15) is 29.4 Å². The molecule has 1 N–H and O–H groups in total. The summed E-state index contributed by atoms with van der Waals surface area (Å²) in [7, 11) is 1.62. The molecule has 1 aromatic heterocycles. The molecule has 0 spiro atoms. The number of thioether (sulfide) groups is 1. The summed E-state index contributed by atoms with van der Waals surface area (Å²) in [4.78, 5) is 39.2. The number of amides is 3. The molecule has 8 heteroatoms. The zero-order chi connectivity index (χ0) is 25.1. The highest BCUT2D eigenvalue weighted by molar-refractivity contribution is 8.18. The van der Waals surface area contributed by atoms with Crippen molar-refractivity contribution in [3.05, 3.63) is 82.0 Å². The Morgan fingerprint density at radius 2 is 1.74 bits per heavy atom. The van der Waals surface area contributed by atoms with Gasteiger partial charge in [0.05, 0.1) is 12.0 Å². The maximum absolute atomic E-state index is 13.0. The van der Waals surface area contributed by atoms with Gasteiger partial charge in [0.15, 0.2) is 0 Å². The predicted octanol–water partition coefficient (Wildman–Crippen LogP) is 5.34. The van der Waals surface area contributed by atoms with E-state index >= 15 is 0 Å². The molecule has 4 rings (SSSR count). The van der Waals surface area contributed by atoms with Crippen molar-refractivity contribution >= 4 is 40.6 Å². The van der Waals surface area contributed by atoms with E-state index in [9.17, 15) is 14.4 Å². The number of nitrogens with one attached hydrogen (secondary N) is 1. The fraction of sp³-hybridized carbons (Fsp3) is 0.222. The number of benzene rings is 2. The molecule has 0 aliphatic carbocycles. The van der Waals surface area contributed by atoms with Gasteiger partial charge in [0.25, 0.3) is 11.1 Å². The van der Waals surface area contributed by atoms with Gasteiger partial charge in [-0.15, -0.1) is 0 Å². The van der Waals surface area contributed by atoms with Crippen molar-refractivity contribution in [2.24, 2.45) is 0 Å². The highest BCUT2D eigenvalue weighted by Gasteiger charge is 2.36. The van der Waals surface area contributed by atoms with Crippen LogP contribution in [0.4, 0.5) is 10.5 Å². The monoisotopic (exact) mass is 489 g/mol. The Bertz CT molecular complexity index is 1310. The first-order valence-electron chi connectivity index (χ1n) is 11.3. The van der Waals surface area contributed by atoms with Crippen LogP contribution in [0.15, 0.2) is 59.5 Å². The van der Waals surface area contributed by atoms with E-state index in [0.29, 0.717) is 10.6 Å². The minimum absolute atomic E-state index is 0.296. The molecular weight excluding hydrogens is 462 g/mol. The number of rotatable bonds is 7. The molecule has 3 amide bonds. The molecule has 35 heavy (non-hydrogen) atoms. The minimum atomic E-state index is -0.467. The van der Waals surface area contributed by atoms with Gasteiger partial charge in [0, 0.05) is 22.8 Å². The van der Waals surface area contributed by atoms with Gasteiger partial charge in [-0.3, -0.25) is 19.3 Å². The van der Waals surface area contributed by atoms with Crippen molar-refractivity contribution in [1.82, 2.24) is 9.47 Å². The molecule has 0 saturated carbocycles. The van der Waals surface area contributed by atoms with Gasteiger partial charge < -0.3 is 14.6 Å². The van der Waals surface area contributed by atoms with Crippen LogP contribution in [-0.2, 0) is 16.0 Å². The second-order valence-corrected chi connectivity index (χ2v) is 9.22. The number of aryl methyl sites for hydroxylation is 2. The fourth-order valence-corrected chi connectivity index (χ4v) is 4.84. The maximum Gasteiger partial charge on any atom is 0.294 e. The Balaban J connectivity index is 1.49. The topological polar surface area (TPSA) is 80.6 Å². The predicted molar refractivity (Wildman–Crippen MR) is 139 cm³/mol. The molecule has 0 atom stereocenters. The lowest BCUT2D eigenvalue weighted by molar-refractivity contribution is -0.127. The zero-order valence-corrected chi connectivity index (χ0v) is 20.9. The molecule has 2 heterocycles. The first kappa shape index (κ1) is 24.3. The van der Waals surface area contributed by atoms with E-state index in [1.165, 1.54) is 0 Å². The zero-order valence-electron chi connectivity index (χ0n) is 20.1. The first-order chi connectivity index (χ1) is 16.8. The molecule has 180 valence electrons. The summed E-state index contributed by atoms with van der Waals surface area (Å²) in [5.41, 5.74) is 5.52. The molecule has 1 aliphatic heterocycles. The maximum atomic E-state index is 13.0. The van der Waals surface area contributed by atoms with Crippen LogP contribution < -0.4 is 10.1 Å². The molecular formula is C27H27N3O4S. The third-order valence-electron chi connectivity index (χ3n) is 5.91. The molecule has 1 fully saturated rings. The van der Waals surface area contributed by atoms with Crippen molar-refractivity contribution in [2.75, 3.05) is 19.0 Å². The number of aromatic nitrogens is 1. The molecule has 7 nitrogen and oxygen atoms in total. The summed E-state index contributed by atoms with van der Waals surface area (Å²) in [6, 6.07) is 17.2. The van der Waals surface area contributed by atoms with E-state index in [1.807, 2.05) is 68.4 Å². The lowest BCUT2D eigenvalue weighted by Crippen LogP contribution is -2.36. The highest BCUT2D eigenvalue weighted by atomic mass is 32.2. The number of hydrogen-bond acceptors (Lipinski definition) is 5. The number of ether oxygens (including phenoxy) is 1. The number of carbonyl (C=O) groups excluding carboxylic acids is 3. The molecule has 0 radical (unpaired) electrons. The van der Waals surface area contributed by atoms with Crippen LogP contribution in [-0.4, -0.2) is 40.2 Å². The molecule has 2 aromatic carbocycles. The van der Waals surface area contributed by atoms with Crippen molar-refractivity contribution in [2.45, 2.75) is 27.2 Å². The van der Waals surface area contributed by atoms with Crippen LogP contribution >= 0.6 is 11.8 Å². The lowest BCUT2D eigenvalue weighted by Gasteiger charge is -2.12. The number of imide groups is 1. The fourth-order valence-electron chi connectivity index (χ4n) is 4.01. The smallest absolute Gasteiger partial charge is 0.294 e. The lowest BCUT2D eigenvalue weighted by atomic mass is 10.1. The highest BCUT2D eigenvalue weighted by Crippen LogP contribution is 2.34. The molecule has 3 aromatic rings. The molecule has 1 saturated heterocycles. The summed E-state index contributed by atoms with van der Waals surface area (Å²) in [6.07, 6.45) is 2.62. The Labute approximate surface area is 208 Å². The van der Waals surface area contributed by atoms with Crippen LogP contribution in [0.25, 0.3) is 11.8 Å². The van der Waals surface area contributed by atoms with Gasteiger partial charge in [-0.1, -0.05) is 19.1 Å². The Hall–Kier alpha value is -3.78. The third kappa shape index (κ3) is 5.17. The Morgan fingerprint density at radius 3 is 2.37 bits per heavy atom.